The Hall–Kier alpha value is -2.89. The first kappa shape index (κ1) is 19.9. The average molecular weight is 381 g/mol. The molecular formula is C22H27N3O3. The van der Waals surface area contributed by atoms with Gasteiger partial charge in [-0.15, -0.1) is 0 Å². The number of nitrogens with zero attached hydrogens (tertiary/aromatic N) is 2. The van der Waals surface area contributed by atoms with E-state index in [2.05, 4.69) is 4.98 Å². The fourth-order valence-electron chi connectivity index (χ4n) is 3.83. The molecule has 2 heterocycles. The molecule has 1 fully saturated rings. The van der Waals surface area contributed by atoms with E-state index in [1.807, 2.05) is 42.2 Å². The minimum Gasteiger partial charge on any atom is -0.336 e. The number of rotatable bonds is 4. The Balaban J connectivity index is 1.85. The fourth-order valence-corrected chi connectivity index (χ4v) is 3.83. The number of amides is 2. The molecule has 6 heteroatoms. The minimum absolute atomic E-state index is 0.0422. The molecule has 1 N–H and O–H groups in total. The molecule has 1 saturated heterocycles. The van der Waals surface area contributed by atoms with Gasteiger partial charge in [0.25, 0.3) is 11.5 Å². The number of benzene rings is 1. The average Bonchev–Trinajstić information content (AvgIpc) is 2.81. The lowest BCUT2D eigenvalue weighted by atomic mass is 10.1. The van der Waals surface area contributed by atoms with Crippen molar-refractivity contribution in [2.24, 2.45) is 0 Å². The topological polar surface area (TPSA) is 73.5 Å². The first-order valence-corrected chi connectivity index (χ1v) is 9.74. The molecule has 1 aliphatic rings. The Morgan fingerprint density at radius 2 is 1.89 bits per heavy atom. The number of hydrogen-bond acceptors (Lipinski definition) is 3. The summed E-state index contributed by atoms with van der Waals surface area (Å²) in [6, 6.07) is 11.6. The SMILES string of the molecule is CCC1CN(C(=O)c2c(C)cc(C)[nH]c2=O)CCC(=O)N1Cc1ccccc1. The van der Waals surface area contributed by atoms with Crippen LogP contribution in [0.4, 0.5) is 0 Å². The van der Waals surface area contributed by atoms with Gasteiger partial charge < -0.3 is 14.8 Å². The van der Waals surface area contributed by atoms with Gasteiger partial charge in [0.05, 0.1) is 0 Å². The lowest BCUT2D eigenvalue weighted by Gasteiger charge is -2.31. The second kappa shape index (κ2) is 8.42. The lowest BCUT2D eigenvalue weighted by Crippen LogP contribution is -2.44. The van der Waals surface area contributed by atoms with Crippen LogP contribution in [0, 0.1) is 13.8 Å². The molecule has 0 saturated carbocycles. The number of hydrogen-bond donors (Lipinski definition) is 1. The van der Waals surface area contributed by atoms with E-state index in [4.69, 9.17) is 0 Å². The zero-order valence-electron chi connectivity index (χ0n) is 16.7. The zero-order valence-corrected chi connectivity index (χ0v) is 16.7. The van der Waals surface area contributed by atoms with E-state index < -0.39 is 0 Å². The van der Waals surface area contributed by atoms with Crippen molar-refractivity contribution in [3.05, 3.63) is 69.1 Å². The van der Waals surface area contributed by atoms with Gasteiger partial charge in [-0.25, -0.2) is 0 Å². The number of carbonyl (C=O) groups is 2. The summed E-state index contributed by atoms with van der Waals surface area (Å²) in [5, 5.41) is 0. The maximum atomic E-state index is 13.1. The van der Waals surface area contributed by atoms with Gasteiger partial charge in [-0.2, -0.15) is 0 Å². The molecule has 0 aliphatic carbocycles. The normalized spacial score (nSPS) is 17.5. The van der Waals surface area contributed by atoms with E-state index in [0.717, 1.165) is 17.7 Å². The van der Waals surface area contributed by atoms with Crippen molar-refractivity contribution in [3.8, 4) is 0 Å². The Bertz CT molecular complexity index is 920. The van der Waals surface area contributed by atoms with E-state index in [-0.39, 0.29) is 35.4 Å². The molecule has 1 unspecified atom stereocenters. The largest absolute Gasteiger partial charge is 0.336 e. The predicted octanol–water partition coefficient (Wildman–Crippen LogP) is 2.65. The quantitative estimate of drug-likeness (QED) is 0.885. The van der Waals surface area contributed by atoms with Gasteiger partial charge in [-0.1, -0.05) is 37.3 Å². The van der Waals surface area contributed by atoms with Gasteiger partial charge in [0, 0.05) is 37.8 Å². The summed E-state index contributed by atoms with van der Waals surface area (Å²) in [5.74, 6) is -0.257. The third-order valence-corrected chi connectivity index (χ3v) is 5.32. The smallest absolute Gasteiger partial charge is 0.261 e. The van der Waals surface area contributed by atoms with Crippen molar-refractivity contribution in [1.82, 2.24) is 14.8 Å². The number of aryl methyl sites for hydroxylation is 2. The summed E-state index contributed by atoms with van der Waals surface area (Å²) >= 11 is 0. The highest BCUT2D eigenvalue weighted by atomic mass is 16.2. The van der Waals surface area contributed by atoms with E-state index in [1.165, 1.54) is 0 Å². The first-order valence-electron chi connectivity index (χ1n) is 9.74. The Labute approximate surface area is 165 Å². The van der Waals surface area contributed by atoms with Gasteiger partial charge in [0.15, 0.2) is 0 Å². The van der Waals surface area contributed by atoms with Crippen molar-refractivity contribution in [1.29, 1.82) is 0 Å². The molecule has 2 amide bonds. The monoisotopic (exact) mass is 381 g/mol. The molecule has 148 valence electrons. The van der Waals surface area contributed by atoms with Crippen molar-refractivity contribution in [2.45, 2.75) is 46.2 Å². The van der Waals surface area contributed by atoms with Crippen LogP contribution >= 0.6 is 0 Å². The van der Waals surface area contributed by atoms with E-state index in [9.17, 15) is 14.4 Å². The number of aromatic amines is 1. The summed E-state index contributed by atoms with van der Waals surface area (Å²) in [5.41, 5.74) is 2.26. The maximum Gasteiger partial charge on any atom is 0.261 e. The van der Waals surface area contributed by atoms with E-state index in [0.29, 0.717) is 25.2 Å². The van der Waals surface area contributed by atoms with Gasteiger partial charge in [0.2, 0.25) is 5.91 Å². The summed E-state index contributed by atoms with van der Waals surface area (Å²) < 4.78 is 0. The molecule has 0 radical (unpaired) electrons. The molecule has 1 aromatic carbocycles. The van der Waals surface area contributed by atoms with E-state index >= 15 is 0 Å². The van der Waals surface area contributed by atoms with Crippen LogP contribution < -0.4 is 5.56 Å². The van der Waals surface area contributed by atoms with Crippen LogP contribution in [-0.4, -0.2) is 45.7 Å². The summed E-state index contributed by atoms with van der Waals surface area (Å²) in [7, 11) is 0. The molecular weight excluding hydrogens is 354 g/mol. The molecule has 6 nitrogen and oxygen atoms in total. The maximum absolute atomic E-state index is 13.1. The molecule has 28 heavy (non-hydrogen) atoms. The highest BCUT2D eigenvalue weighted by Gasteiger charge is 2.32. The predicted molar refractivity (Wildman–Crippen MR) is 108 cm³/mol. The van der Waals surface area contributed by atoms with Crippen LogP contribution in [0.15, 0.2) is 41.2 Å². The number of nitrogens with one attached hydrogen (secondary N) is 1. The Kier molecular flexibility index (Phi) is 5.97. The second-order valence-corrected chi connectivity index (χ2v) is 7.41. The summed E-state index contributed by atoms with van der Waals surface area (Å²) in [6.07, 6.45) is 1.00. The highest BCUT2D eigenvalue weighted by molar-refractivity contribution is 5.95. The first-order chi connectivity index (χ1) is 13.4. The number of pyridine rings is 1. The summed E-state index contributed by atoms with van der Waals surface area (Å²) in [4.78, 5) is 44.5. The van der Waals surface area contributed by atoms with Gasteiger partial charge in [-0.3, -0.25) is 14.4 Å². The lowest BCUT2D eigenvalue weighted by molar-refractivity contribution is -0.133. The molecule has 2 aromatic rings. The van der Waals surface area contributed by atoms with Crippen LogP contribution in [0.25, 0.3) is 0 Å². The van der Waals surface area contributed by atoms with Gasteiger partial charge >= 0.3 is 0 Å². The van der Waals surface area contributed by atoms with Crippen LogP contribution in [0.3, 0.4) is 0 Å². The van der Waals surface area contributed by atoms with Crippen molar-refractivity contribution in [3.63, 3.8) is 0 Å². The second-order valence-electron chi connectivity index (χ2n) is 7.41. The minimum atomic E-state index is -0.368. The molecule has 0 bridgehead atoms. The Morgan fingerprint density at radius 1 is 1.18 bits per heavy atom. The van der Waals surface area contributed by atoms with Crippen LogP contribution in [-0.2, 0) is 11.3 Å². The van der Waals surface area contributed by atoms with Crippen molar-refractivity contribution in [2.75, 3.05) is 13.1 Å². The number of aromatic nitrogens is 1. The molecule has 0 spiro atoms. The number of carbonyl (C=O) groups excluding carboxylic acids is 2. The third kappa shape index (κ3) is 4.16. The molecule has 3 rings (SSSR count). The highest BCUT2D eigenvalue weighted by Crippen LogP contribution is 2.19. The Morgan fingerprint density at radius 3 is 2.54 bits per heavy atom. The van der Waals surface area contributed by atoms with Gasteiger partial charge in [-0.05, 0) is 37.5 Å². The molecule has 1 aromatic heterocycles. The van der Waals surface area contributed by atoms with Crippen LogP contribution in [0.1, 0.15) is 46.9 Å². The fraction of sp³-hybridized carbons (Fsp3) is 0.409. The van der Waals surface area contributed by atoms with Crippen molar-refractivity contribution < 1.29 is 9.59 Å². The summed E-state index contributed by atoms with van der Waals surface area (Å²) in [6.45, 7) is 6.88. The van der Waals surface area contributed by atoms with E-state index in [1.54, 1.807) is 24.8 Å². The van der Waals surface area contributed by atoms with Gasteiger partial charge in [0.1, 0.15) is 5.56 Å². The van der Waals surface area contributed by atoms with Crippen molar-refractivity contribution >= 4 is 11.8 Å². The molecule has 1 aliphatic heterocycles. The third-order valence-electron chi connectivity index (χ3n) is 5.32. The van der Waals surface area contributed by atoms with Crippen LogP contribution in [0.2, 0.25) is 0 Å². The number of H-pyrrole nitrogens is 1. The zero-order chi connectivity index (χ0) is 20.3. The molecule has 1 atom stereocenters. The standard InChI is InChI=1S/C22H27N3O3/c1-4-18-14-24(22(28)20-15(2)12-16(3)23-21(20)27)11-10-19(26)25(18)13-17-8-6-5-7-9-17/h5-9,12,18H,4,10-11,13-14H2,1-3H3,(H,23,27). The van der Waals surface area contributed by atoms with Crippen LogP contribution in [0.5, 0.6) is 0 Å².